The molecule has 2 heteroatoms. The maximum Gasteiger partial charge on any atom is 0.0341 e. The molecule has 1 aromatic rings. The summed E-state index contributed by atoms with van der Waals surface area (Å²) in [6.07, 6.45) is 12.2. The molecule has 1 saturated heterocycles. The molecule has 4 rings (SSSR count). The van der Waals surface area contributed by atoms with Crippen molar-refractivity contribution in [2.45, 2.75) is 56.4 Å². The molecule has 0 radical (unpaired) electrons. The van der Waals surface area contributed by atoms with Crippen molar-refractivity contribution in [1.29, 1.82) is 0 Å². The quantitative estimate of drug-likeness (QED) is 0.882. The van der Waals surface area contributed by atoms with E-state index in [4.69, 9.17) is 0 Å². The van der Waals surface area contributed by atoms with E-state index >= 15 is 0 Å². The van der Waals surface area contributed by atoms with Crippen molar-refractivity contribution in [2.75, 3.05) is 20.1 Å². The van der Waals surface area contributed by atoms with Crippen LogP contribution in [0.2, 0.25) is 0 Å². The lowest BCUT2D eigenvalue weighted by Gasteiger charge is -2.43. The fraction of sp³-hybridized carbons (Fsp3) is 0.545. The molecule has 128 valence electrons. The van der Waals surface area contributed by atoms with Gasteiger partial charge >= 0.3 is 0 Å². The van der Waals surface area contributed by atoms with Gasteiger partial charge in [-0.15, -0.1) is 0 Å². The monoisotopic (exact) mass is 322 g/mol. The van der Waals surface area contributed by atoms with Crippen LogP contribution in [0.3, 0.4) is 0 Å². The normalized spacial score (nSPS) is 23.8. The summed E-state index contributed by atoms with van der Waals surface area (Å²) in [6.45, 7) is 6.72. The lowest BCUT2D eigenvalue weighted by Crippen LogP contribution is -2.46. The van der Waals surface area contributed by atoms with Crippen molar-refractivity contribution < 1.29 is 0 Å². The van der Waals surface area contributed by atoms with Crippen LogP contribution >= 0.6 is 0 Å². The molecule has 0 amide bonds. The number of piperidine rings is 1. The van der Waals surface area contributed by atoms with Crippen LogP contribution in [0, 0.1) is 0 Å². The number of fused-ring (bicyclic) bond motifs is 2. The first-order chi connectivity index (χ1) is 11.7. The number of likely N-dealkylation sites (N-methyl/N-ethyl adjacent to an activating group) is 1. The van der Waals surface area contributed by atoms with Crippen LogP contribution in [-0.2, 0) is 5.41 Å². The summed E-state index contributed by atoms with van der Waals surface area (Å²) in [4.78, 5) is 2.78. The summed E-state index contributed by atoms with van der Waals surface area (Å²) >= 11 is 0. The van der Waals surface area contributed by atoms with E-state index in [1.807, 2.05) is 7.05 Å². The molecule has 0 unspecified atom stereocenters. The zero-order chi connectivity index (χ0) is 16.6. The summed E-state index contributed by atoms with van der Waals surface area (Å²) in [6, 6.07) is 9.83. The summed E-state index contributed by atoms with van der Waals surface area (Å²) in [5, 5.41) is 3.26. The maximum atomic E-state index is 4.23. The molecular formula is C22H30N2. The van der Waals surface area contributed by atoms with E-state index in [-0.39, 0.29) is 5.41 Å². The Morgan fingerprint density at radius 2 is 1.83 bits per heavy atom. The van der Waals surface area contributed by atoms with Gasteiger partial charge in [0.05, 0.1) is 0 Å². The third-order valence-corrected chi connectivity index (χ3v) is 6.58. The second-order valence-electron chi connectivity index (χ2n) is 7.82. The van der Waals surface area contributed by atoms with Gasteiger partial charge in [-0.1, -0.05) is 56.2 Å². The van der Waals surface area contributed by atoms with Crippen LogP contribution in [0.15, 0.2) is 42.6 Å². The SMILES string of the molecule is C=C(NC)C1=CC2(CCN(C3CCCCC3)CC2)c2ccccc21. The van der Waals surface area contributed by atoms with E-state index in [2.05, 4.69) is 47.1 Å². The van der Waals surface area contributed by atoms with Gasteiger partial charge in [-0.05, 0) is 49.9 Å². The molecule has 3 aliphatic rings. The molecule has 1 spiro atoms. The van der Waals surface area contributed by atoms with Gasteiger partial charge < -0.3 is 10.2 Å². The third kappa shape index (κ3) is 2.61. The standard InChI is InChI=1S/C22H30N2/c1-17(23-2)20-16-22(21-11-7-6-10-19(20)21)12-14-24(15-13-22)18-8-4-3-5-9-18/h6-7,10-11,16,18,23H,1,3-5,8-9,12-15H2,2H3. The van der Waals surface area contributed by atoms with Crippen LogP contribution in [0.25, 0.3) is 5.57 Å². The molecule has 1 aromatic carbocycles. The predicted molar refractivity (Wildman–Crippen MR) is 102 cm³/mol. The Bertz CT molecular complexity index is 644. The van der Waals surface area contributed by atoms with Gasteiger partial charge in [-0.25, -0.2) is 0 Å². The number of likely N-dealkylation sites (tertiary alicyclic amines) is 1. The summed E-state index contributed by atoms with van der Waals surface area (Å²) in [5.41, 5.74) is 5.52. The van der Waals surface area contributed by atoms with Gasteiger partial charge in [0.25, 0.3) is 0 Å². The number of nitrogens with one attached hydrogen (secondary N) is 1. The van der Waals surface area contributed by atoms with Crippen LogP contribution in [-0.4, -0.2) is 31.1 Å². The summed E-state index contributed by atoms with van der Waals surface area (Å²) in [7, 11) is 1.97. The Hall–Kier alpha value is -1.54. The number of benzene rings is 1. The van der Waals surface area contributed by atoms with E-state index in [0.29, 0.717) is 0 Å². The van der Waals surface area contributed by atoms with Crippen molar-refractivity contribution in [3.63, 3.8) is 0 Å². The second kappa shape index (κ2) is 6.40. The topological polar surface area (TPSA) is 15.3 Å². The van der Waals surface area contributed by atoms with Gasteiger partial charge in [-0.2, -0.15) is 0 Å². The van der Waals surface area contributed by atoms with E-state index in [9.17, 15) is 0 Å². The average Bonchev–Trinajstić information content (AvgIpc) is 2.97. The lowest BCUT2D eigenvalue weighted by atomic mass is 9.74. The molecule has 0 aromatic heterocycles. The van der Waals surface area contributed by atoms with Gasteiger partial charge in [0.1, 0.15) is 0 Å². The summed E-state index contributed by atoms with van der Waals surface area (Å²) in [5.74, 6) is 0. The zero-order valence-corrected chi connectivity index (χ0v) is 15.0. The Balaban J connectivity index is 1.57. The van der Waals surface area contributed by atoms with Gasteiger partial charge in [0.2, 0.25) is 0 Å². The Labute approximate surface area is 146 Å². The highest BCUT2D eigenvalue weighted by Crippen LogP contribution is 2.48. The highest BCUT2D eigenvalue weighted by Gasteiger charge is 2.41. The average molecular weight is 322 g/mol. The Kier molecular flexibility index (Phi) is 4.26. The molecular weight excluding hydrogens is 292 g/mol. The molecule has 1 saturated carbocycles. The highest BCUT2D eigenvalue weighted by molar-refractivity contribution is 5.85. The Morgan fingerprint density at radius 3 is 2.54 bits per heavy atom. The van der Waals surface area contributed by atoms with Gasteiger partial charge in [-0.3, -0.25) is 0 Å². The van der Waals surface area contributed by atoms with Crippen molar-refractivity contribution in [2.24, 2.45) is 0 Å². The molecule has 1 aliphatic heterocycles. The first-order valence-electron chi connectivity index (χ1n) is 9.67. The zero-order valence-electron chi connectivity index (χ0n) is 15.0. The lowest BCUT2D eigenvalue weighted by molar-refractivity contribution is 0.107. The first kappa shape index (κ1) is 16.0. The molecule has 24 heavy (non-hydrogen) atoms. The van der Waals surface area contributed by atoms with Crippen LogP contribution in [0.1, 0.15) is 56.1 Å². The van der Waals surface area contributed by atoms with E-state index in [1.54, 1.807) is 0 Å². The fourth-order valence-corrected chi connectivity index (χ4v) is 5.12. The van der Waals surface area contributed by atoms with Crippen molar-refractivity contribution in [1.82, 2.24) is 10.2 Å². The van der Waals surface area contributed by atoms with Crippen LogP contribution in [0.5, 0.6) is 0 Å². The predicted octanol–water partition coefficient (Wildman–Crippen LogP) is 4.48. The van der Waals surface area contributed by atoms with E-state index < -0.39 is 0 Å². The van der Waals surface area contributed by atoms with E-state index in [0.717, 1.165) is 11.7 Å². The van der Waals surface area contributed by atoms with Crippen molar-refractivity contribution >= 4 is 5.57 Å². The highest BCUT2D eigenvalue weighted by atomic mass is 15.2. The molecule has 0 atom stereocenters. The van der Waals surface area contributed by atoms with E-state index in [1.165, 1.54) is 74.7 Å². The van der Waals surface area contributed by atoms with Crippen molar-refractivity contribution in [3.8, 4) is 0 Å². The molecule has 2 fully saturated rings. The smallest absolute Gasteiger partial charge is 0.0341 e. The van der Waals surface area contributed by atoms with Crippen LogP contribution < -0.4 is 5.32 Å². The minimum Gasteiger partial charge on any atom is -0.388 e. The number of rotatable bonds is 3. The molecule has 2 nitrogen and oxygen atoms in total. The first-order valence-corrected chi connectivity index (χ1v) is 9.67. The minimum absolute atomic E-state index is 0.233. The maximum absolute atomic E-state index is 4.23. The van der Waals surface area contributed by atoms with Crippen molar-refractivity contribution in [3.05, 3.63) is 53.7 Å². The number of allylic oxidation sites excluding steroid dienone is 2. The summed E-state index contributed by atoms with van der Waals surface area (Å²) < 4.78 is 0. The Morgan fingerprint density at radius 1 is 1.12 bits per heavy atom. The van der Waals surface area contributed by atoms with Gasteiger partial charge in [0, 0.05) is 29.8 Å². The minimum atomic E-state index is 0.233. The fourth-order valence-electron chi connectivity index (χ4n) is 5.12. The molecule has 1 heterocycles. The number of hydrogen-bond donors (Lipinski definition) is 1. The third-order valence-electron chi connectivity index (χ3n) is 6.58. The largest absolute Gasteiger partial charge is 0.388 e. The number of hydrogen-bond acceptors (Lipinski definition) is 2. The van der Waals surface area contributed by atoms with Crippen LogP contribution in [0.4, 0.5) is 0 Å². The second-order valence-corrected chi connectivity index (χ2v) is 7.82. The molecule has 0 bridgehead atoms. The molecule has 2 aliphatic carbocycles. The molecule has 1 N–H and O–H groups in total. The van der Waals surface area contributed by atoms with Gasteiger partial charge in [0.15, 0.2) is 0 Å². The number of nitrogens with zero attached hydrogens (tertiary/aromatic N) is 1.